The first-order valence-electron chi connectivity index (χ1n) is 7.90. The number of unbranched alkanes of at least 4 members (excludes halogenated alkanes) is 2. The minimum absolute atomic E-state index is 0.0389. The Balaban J connectivity index is 2.30. The van der Waals surface area contributed by atoms with E-state index in [0.29, 0.717) is 5.75 Å². The Morgan fingerprint density at radius 1 is 1.10 bits per heavy atom. The van der Waals surface area contributed by atoms with Crippen molar-refractivity contribution in [3.8, 4) is 11.5 Å². The fraction of sp³-hybridized carbons (Fsp3) is 0.667. The molecule has 0 aliphatic carbocycles. The van der Waals surface area contributed by atoms with Crippen LogP contribution in [-0.2, 0) is 6.42 Å². The highest BCUT2D eigenvalue weighted by Gasteiger charge is 2.33. The largest absolute Gasteiger partial charge is 0.507 e. The standard InChI is InChI=1S/C18H28O2/c1-6-7-8-10-18(5)11-9-15-14(4)16(19)12(2)13(3)17(15)20-18/h19H,6-11H2,1-5H3. The third kappa shape index (κ3) is 2.65. The lowest BCUT2D eigenvalue weighted by Gasteiger charge is -2.38. The second-order valence-corrected chi connectivity index (χ2v) is 6.54. The van der Waals surface area contributed by atoms with Gasteiger partial charge < -0.3 is 9.84 Å². The van der Waals surface area contributed by atoms with Crippen molar-refractivity contribution in [2.75, 3.05) is 0 Å². The summed E-state index contributed by atoms with van der Waals surface area (Å²) < 4.78 is 6.40. The first kappa shape index (κ1) is 15.2. The molecule has 0 fully saturated rings. The van der Waals surface area contributed by atoms with E-state index in [0.717, 1.165) is 41.7 Å². The highest BCUT2D eigenvalue weighted by Crippen LogP contribution is 2.44. The van der Waals surface area contributed by atoms with Gasteiger partial charge in [-0.2, -0.15) is 0 Å². The van der Waals surface area contributed by atoms with Gasteiger partial charge in [-0.05, 0) is 70.1 Å². The minimum Gasteiger partial charge on any atom is -0.507 e. The Morgan fingerprint density at radius 3 is 2.45 bits per heavy atom. The van der Waals surface area contributed by atoms with Gasteiger partial charge in [0, 0.05) is 5.56 Å². The second-order valence-electron chi connectivity index (χ2n) is 6.54. The molecule has 0 spiro atoms. The molecular weight excluding hydrogens is 248 g/mol. The van der Waals surface area contributed by atoms with Crippen LogP contribution in [0.3, 0.4) is 0 Å². The van der Waals surface area contributed by atoms with Gasteiger partial charge in [0.2, 0.25) is 0 Å². The van der Waals surface area contributed by atoms with Crippen molar-refractivity contribution in [1.29, 1.82) is 0 Å². The molecule has 0 saturated heterocycles. The van der Waals surface area contributed by atoms with E-state index in [9.17, 15) is 5.11 Å². The van der Waals surface area contributed by atoms with Crippen LogP contribution in [0.2, 0.25) is 0 Å². The molecule has 0 saturated carbocycles. The summed E-state index contributed by atoms with van der Waals surface area (Å²) in [5, 5.41) is 10.2. The molecule has 1 aromatic rings. The Hall–Kier alpha value is -1.18. The highest BCUT2D eigenvalue weighted by atomic mass is 16.5. The predicted molar refractivity (Wildman–Crippen MR) is 83.8 cm³/mol. The Morgan fingerprint density at radius 2 is 1.80 bits per heavy atom. The fourth-order valence-corrected chi connectivity index (χ4v) is 3.22. The Bertz CT molecular complexity index is 505. The molecular formula is C18H28O2. The molecule has 0 amide bonds. The zero-order valence-electron chi connectivity index (χ0n) is 13.6. The zero-order chi connectivity index (χ0) is 14.9. The molecule has 0 aromatic heterocycles. The third-order valence-corrected chi connectivity index (χ3v) is 4.90. The number of phenols is 1. The fourth-order valence-electron chi connectivity index (χ4n) is 3.22. The molecule has 0 radical (unpaired) electrons. The summed E-state index contributed by atoms with van der Waals surface area (Å²) in [6, 6.07) is 0. The highest BCUT2D eigenvalue weighted by molar-refractivity contribution is 5.58. The smallest absolute Gasteiger partial charge is 0.127 e. The molecule has 1 atom stereocenters. The molecule has 2 heteroatoms. The molecule has 20 heavy (non-hydrogen) atoms. The van der Waals surface area contributed by atoms with Crippen LogP contribution in [0.25, 0.3) is 0 Å². The van der Waals surface area contributed by atoms with Crippen LogP contribution in [0.1, 0.15) is 68.2 Å². The van der Waals surface area contributed by atoms with E-state index in [1.54, 1.807) is 0 Å². The molecule has 1 unspecified atom stereocenters. The molecule has 2 rings (SSSR count). The predicted octanol–water partition coefficient (Wildman–Crippen LogP) is 4.98. The van der Waals surface area contributed by atoms with Crippen LogP contribution in [0.15, 0.2) is 0 Å². The van der Waals surface area contributed by atoms with Gasteiger partial charge in [-0.3, -0.25) is 0 Å². The van der Waals surface area contributed by atoms with Crippen LogP contribution in [0.4, 0.5) is 0 Å². The number of phenolic OH excluding ortho intramolecular Hbond substituents is 1. The first-order chi connectivity index (χ1) is 9.39. The lowest BCUT2D eigenvalue weighted by molar-refractivity contribution is 0.0523. The minimum atomic E-state index is -0.0389. The van der Waals surface area contributed by atoms with Crippen LogP contribution in [0.5, 0.6) is 11.5 Å². The van der Waals surface area contributed by atoms with Gasteiger partial charge in [0.1, 0.15) is 17.1 Å². The summed E-state index contributed by atoms with van der Waals surface area (Å²) in [6.45, 7) is 10.5. The van der Waals surface area contributed by atoms with E-state index in [-0.39, 0.29) is 5.60 Å². The van der Waals surface area contributed by atoms with Gasteiger partial charge in [0.05, 0.1) is 0 Å². The number of hydrogen-bond donors (Lipinski definition) is 1. The van der Waals surface area contributed by atoms with Gasteiger partial charge in [-0.25, -0.2) is 0 Å². The zero-order valence-corrected chi connectivity index (χ0v) is 13.6. The van der Waals surface area contributed by atoms with E-state index < -0.39 is 0 Å². The van der Waals surface area contributed by atoms with Crippen LogP contribution >= 0.6 is 0 Å². The van der Waals surface area contributed by atoms with Gasteiger partial charge >= 0.3 is 0 Å². The van der Waals surface area contributed by atoms with Crippen molar-refractivity contribution in [2.24, 2.45) is 0 Å². The normalized spacial score (nSPS) is 21.4. The van der Waals surface area contributed by atoms with E-state index in [4.69, 9.17) is 4.74 Å². The van der Waals surface area contributed by atoms with Crippen LogP contribution in [-0.4, -0.2) is 10.7 Å². The Labute approximate surface area is 123 Å². The molecule has 1 aliphatic rings. The lowest BCUT2D eigenvalue weighted by atomic mass is 9.84. The summed E-state index contributed by atoms with van der Waals surface area (Å²) >= 11 is 0. The number of rotatable bonds is 4. The lowest BCUT2D eigenvalue weighted by Crippen LogP contribution is -2.37. The van der Waals surface area contributed by atoms with Crippen molar-refractivity contribution in [2.45, 2.75) is 78.7 Å². The average molecular weight is 276 g/mol. The summed E-state index contributed by atoms with van der Waals surface area (Å²) in [6.07, 6.45) is 6.94. The van der Waals surface area contributed by atoms with E-state index in [1.807, 2.05) is 13.8 Å². The summed E-state index contributed by atoms with van der Waals surface area (Å²) in [7, 11) is 0. The van der Waals surface area contributed by atoms with Gasteiger partial charge in [0.25, 0.3) is 0 Å². The Kier molecular flexibility index (Phi) is 4.31. The second kappa shape index (κ2) is 5.67. The molecule has 1 N–H and O–H groups in total. The number of aromatic hydroxyl groups is 1. The SMILES string of the molecule is CCCCCC1(C)CCc2c(C)c(O)c(C)c(C)c2O1. The number of fused-ring (bicyclic) bond motifs is 1. The topological polar surface area (TPSA) is 29.5 Å². The molecule has 1 aliphatic heterocycles. The van der Waals surface area contributed by atoms with E-state index in [1.165, 1.54) is 24.8 Å². The van der Waals surface area contributed by atoms with Crippen LogP contribution in [0, 0.1) is 20.8 Å². The average Bonchev–Trinajstić information content (AvgIpc) is 2.43. The summed E-state index contributed by atoms with van der Waals surface area (Å²) in [5.41, 5.74) is 4.23. The first-order valence-corrected chi connectivity index (χ1v) is 7.90. The number of benzene rings is 1. The summed E-state index contributed by atoms with van der Waals surface area (Å²) in [4.78, 5) is 0. The quantitative estimate of drug-likeness (QED) is 0.786. The van der Waals surface area contributed by atoms with Gasteiger partial charge in [-0.15, -0.1) is 0 Å². The number of ether oxygens (including phenoxy) is 1. The van der Waals surface area contributed by atoms with Gasteiger partial charge in [0.15, 0.2) is 0 Å². The number of hydrogen-bond acceptors (Lipinski definition) is 2. The van der Waals surface area contributed by atoms with Crippen molar-refractivity contribution in [1.82, 2.24) is 0 Å². The third-order valence-electron chi connectivity index (χ3n) is 4.90. The van der Waals surface area contributed by atoms with E-state index in [2.05, 4.69) is 20.8 Å². The van der Waals surface area contributed by atoms with Crippen molar-refractivity contribution >= 4 is 0 Å². The van der Waals surface area contributed by atoms with Crippen molar-refractivity contribution < 1.29 is 9.84 Å². The molecule has 112 valence electrons. The van der Waals surface area contributed by atoms with Crippen LogP contribution < -0.4 is 4.74 Å². The monoisotopic (exact) mass is 276 g/mol. The van der Waals surface area contributed by atoms with Crippen molar-refractivity contribution in [3.05, 3.63) is 22.3 Å². The van der Waals surface area contributed by atoms with Crippen molar-refractivity contribution in [3.63, 3.8) is 0 Å². The maximum absolute atomic E-state index is 10.2. The molecule has 0 bridgehead atoms. The molecule has 2 nitrogen and oxygen atoms in total. The maximum Gasteiger partial charge on any atom is 0.127 e. The summed E-state index contributed by atoms with van der Waals surface area (Å²) in [5.74, 6) is 1.47. The van der Waals surface area contributed by atoms with E-state index >= 15 is 0 Å². The van der Waals surface area contributed by atoms with Gasteiger partial charge in [-0.1, -0.05) is 19.8 Å². The molecule has 1 aromatic carbocycles. The maximum atomic E-state index is 10.2. The molecule has 1 heterocycles.